The van der Waals surface area contributed by atoms with Gasteiger partial charge >= 0.3 is 5.97 Å². The van der Waals surface area contributed by atoms with Gasteiger partial charge in [0.2, 0.25) is 0 Å². The molecule has 0 atom stereocenters. The monoisotopic (exact) mass is 334 g/mol. The van der Waals surface area contributed by atoms with Crippen LogP contribution in [0.2, 0.25) is 0 Å². The summed E-state index contributed by atoms with van der Waals surface area (Å²) in [5.41, 5.74) is 1.41. The summed E-state index contributed by atoms with van der Waals surface area (Å²) in [6, 6.07) is 4.32. The highest BCUT2D eigenvalue weighted by Gasteiger charge is 2.24. The molecule has 0 aliphatic heterocycles. The lowest BCUT2D eigenvalue weighted by atomic mass is 10.1. The van der Waals surface area contributed by atoms with E-state index < -0.39 is 24.3 Å². The van der Waals surface area contributed by atoms with E-state index >= 15 is 0 Å². The van der Waals surface area contributed by atoms with Crippen molar-refractivity contribution in [2.75, 3.05) is 11.9 Å². The van der Waals surface area contributed by atoms with Crippen LogP contribution in [0.4, 0.5) is 10.1 Å². The lowest BCUT2D eigenvalue weighted by Crippen LogP contribution is -2.21. The van der Waals surface area contributed by atoms with Crippen molar-refractivity contribution in [1.82, 2.24) is 5.16 Å². The fourth-order valence-electron chi connectivity index (χ4n) is 2.10. The molecule has 24 heavy (non-hydrogen) atoms. The van der Waals surface area contributed by atoms with Crippen molar-refractivity contribution in [2.24, 2.45) is 0 Å². The first-order valence-electron chi connectivity index (χ1n) is 7.49. The van der Waals surface area contributed by atoms with Crippen LogP contribution in [0.5, 0.6) is 0 Å². The zero-order valence-corrected chi connectivity index (χ0v) is 14.0. The van der Waals surface area contributed by atoms with Crippen molar-refractivity contribution >= 4 is 17.6 Å². The van der Waals surface area contributed by atoms with Crippen molar-refractivity contribution in [1.29, 1.82) is 0 Å². The normalized spacial score (nSPS) is 10.8. The first kappa shape index (κ1) is 17.7. The standard InChI is InChI=1S/C17H19FN2O4/c1-9(2)16-15(11(4)20-24-16)17(22)23-8-14(21)19-12-6-5-10(3)13(18)7-12/h5-7,9H,8H2,1-4H3,(H,19,21). The fourth-order valence-corrected chi connectivity index (χ4v) is 2.10. The Labute approximate surface area is 139 Å². The average molecular weight is 334 g/mol. The molecule has 2 rings (SSSR count). The highest BCUT2D eigenvalue weighted by Crippen LogP contribution is 2.23. The summed E-state index contributed by atoms with van der Waals surface area (Å²) < 4.78 is 23.6. The van der Waals surface area contributed by atoms with Crippen LogP contribution in [-0.2, 0) is 9.53 Å². The molecule has 0 aliphatic rings. The zero-order chi connectivity index (χ0) is 17.9. The number of hydrogen-bond acceptors (Lipinski definition) is 5. The Kier molecular flexibility index (Phi) is 5.33. The minimum Gasteiger partial charge on any atom is -0.452 e. The zero-order valence-electron chi connectivity index (χ0n) is 14.0. The summed E-state index contributed by atoms with van der Waals surface area (Å²) >= 11 is 0. The molecular weight excluding hydrogens is 315 g/mol. The van der Waals surface area contributed by atoms with Gasteiger partial charge in [0, 0.05) is 11.6 Å². The molecule has 0 saturated carbocycles. The Balaban J connectivity index is 1.97. The molecule has 1 aromatic heterocycles. The summed E-state index contributed by atoms with van der Waals surface area (Å²) in [6.45, 7) is 6.47. The molecular formula is C17H19FN2O4. The molecule has 0 aliphatic carbocycles. The Morgan fingerprint density at radius 2 is 2.04 bits per heavy atom. The van der Waals surface area contributed by atoms with Gasteiger partial charge in [-0.2, -0.15) is 0 Å². The minimum atomic E-state index is -0.678. The SMILES string of the molecule is Cc1ccc(NC(=O)COC(=O)c2c(C)noc2C(C)C)cc1F. The van der Waals surface area contributed by atoms with Gasteiger partial charge in [0.25, 0.3) is 5.91 Å². The van der Waals surface area contributed by atoms with E-state index in [-0.39, 0.29) is 11.5 Å². The third-order valence-corrected chi connectivity index (χ3v) is 3.41. The second-order valence-electron chi connectivity index (χ2n) is 5.75. The molecule has 7 heteroatoms. The third-order valence-electron chi connectivity index (χ3n) is 3.41. The number of ether oxygens (including phenoxy) is 1. The largest absolute Gasteiger partial charge is 0.452 e. The fraction of sp³-hybridized carbons (Fsp3) is 0.353. The lowest BCUT2D eigenvalue weighted by molar-refractivity contribution is -0.119. The predicted molar refractivity (Wildman–Crippen MR) is 85.4 cm³/mol. The van der Waals surface area contributed by atoms with E-state index in [4.69, 9.17) is 9.26 Å². The van der Waals surface area contributed by atoms with Crippen molar-refractivity contribution in [3.05, 3.63) is 46.6 Å². The number of rotatable bonds is 5. The van der Waals surface area contributed by atoms with Gasteiger partial charge in [0.05, 0.1) is 5.69 Å². The van der Waals surface area contributed by atoms with E-state index in [0.717, 1.165) is 0 Å². The van der Waals surface area contributed by atoms with Gasteiger partial charge < -0.3 is 14.6 Å². The molecule has 0 radical (unpaired) electrons. The number of amides is 1. The van der Waals surface area contributed by atoms with Crippen LogP contribution in [0.3, 0.4) is 0 Å². The number of carbonyl (C=O) groups excluding carboxylic acids is 2. The summed E-state index contributed by atoms with van der Waals surface area (Å²) in [5, 5.41) is 6.22. The molecule has 1 amide bonds. The van der Waals surface area contributed by atoms with Gasteiger partial charge in [0.15, 0.2) is 12.4 Å². The van der Waals surface area contributed by atoms with E-state index in [1.807, 2.05) is 13.8 Å². The maximum absolute atomic E-state index is 13.4. The summed E-state index contributed by atoms with van der Waals surface area (Å²) in [5.74, 6) is -1.29. The molecule has 0 unspecified atom stereocenters. The highest BCUT2D eigenvalue weighted by molar-refractivity contribution is 5.96. The number of benzene rings is 1. The van der Waals surface area contributed by atoms with E-state index in [1.165, 1.54) is 6.07 Å². The summed E-state index contributed by atoms with van der Waals surface area (Å²) in [4.78, 5) is 24.0. The Hall–Kier alpha value is -2.70. The number of nitrogens with one attached hydrogen (secondary N) is 1. The summed E-state index contributed by atoms with van der Waals surface area (Å²) in [6.07, 6.45) is 0. The number of hydrogen-bond donors (Lipinski definition) is 1. The van der Waals surface area contributed by atoms with Crippen LogP contribution in [0, 0.1) is 19.7 Å². The third kappa shape index (κ3) is 3.98. The van der Waals surface area contributed by atoms with Crippen molar-refractivity contribution in [3.8, 4) is 0 Å². The van der Waals surface area contributed by atoms with Crippen molar-refractivity contribution < 1.29 is 23.2 Å². The van der Waals surface area contributed by atoms with Gasteiger partial charge in [-0.3, -0.25) is 4.79 Å². The number of carbonyl (C=O) groups is 2. The number of esters is 1. The predicted octanol–water partition coefficient (Wildman–Crippen LogP) is 3.35. The molecule has 0 bridgehead atoms. The molecule has 0 saturated heterocycles. The number of nitrogens with zero attached hydrogens (tertiary/aromatic N) is 1. The summed E-state index contributed by atoms with van der Waals surface area (Å²) in [7, 11) is 0. The number of halogens is 1. The number of aromatic nitrogens is 1. The Morgan fingerprint density at radius 1 is 1.33 bits per heavy atom. The molecule has 2 aromatic rings. The van der Waals surface area contributed by atoms with Gasteiger partial charge in [-0.15, -0.1) is 0 Å². The highest BCUT2D eigenvalue weighted by atomic mass is 19.1. The maximum atomic E-state index is 13.4. The lowest BCUT2D eigenvalue weighted by Gasteiger charge is -2.08. The van der Waals surface area contributed by atoms with Gasteiger partial charge in [-0.1, -0.05) is 25.1 Å². The van der Waals surface area contributed by atoms with Crippen molar-refractivity contribution in [3.63, 3.8) is 0 Å². The Morgan fingerprint density at radius 3 is 2.67 bits per heavy atom. The van der Waals surface area contributed by atoms with Crippen molar-refractivity contribution in [2.45, 2.75) is 33.6 Å². The average Bonchev–Trinajstić information content (AvgIpc) is 2.90. The molecule has 1 N–H and O–H groups in total. The first-order valence-corrected chi connectivity index (χ1v) is 7.49. The maximum Gasteiger partial charge on any atom is 0.344 e. The molecule has 1 aromatic carbocycles. The smallest absolute Gasteiger partial charge is 0.344 e. The number of anilines is 1. The topological polar surface area (TPSA) is 81.4 Å². The van der Waals surface area contributed by atoms with E-state index in [0.29, 0.717) is 22.7 Å². The molecule has 1 heterocycles. The Bertz CT molecular complexity index is 768. The molecule has 6 nitrogen and oxygen atoms in total. The first-order chi connectivity index (χ1) is 11.3. The van der Waals surface area contributed by atoms with Crippen LogP contribution in [0.15, 0.2) is 22.7 Å². The van der Waals surface area contributed by atoms with Gasteiger partial charge in [0.1, 0.15) is 11.4 Å². The second-order valence-corrected chi connectivity index (χ2v) is 5.75. The molecule has 0 spiro atoms. The van der Waals surface area contributed by atoms with Crippen LogP contribution < -0.4 is 5.32 Å². The second kappa shape index (κ2) is 7.25. The van der Waals surface area contributed by atoms with Crippen LogP contribution in [0.1, 0.15) is 47.1 Å². The molecule has 0 fully saturated rings. The minimum absolute atomic E-state index is 0.0434. The van der Waals surface area contributed by atoms with Crippen LogP contribution in [-0.4, -0.2) is 23.6 Å². The van der Waals surface area contributed by atoms with Crippen LogP contribution in [0.25, 0.3) is 0 Å². The van der Waals surface area contributed by atoms with E-state index in [2.05, 4.69) is 10.5 Å². The van der Waals surface area contributed by atoms with E-state index in [1.54, 1.807) is 26.0 Å². The van der Waals surface area contributed by atoms with Crippen LogP contribution >= 0.6 is 0 Å². The van der Waals surface area contributed by atoms with E-state index in [9.17, 15) is 14.0 Å². The quantitative estimate of drug-likeness (QED) is 0.848. The van der Waals surface area contributed by atoms with Gasteiger partial charge in [-0.25, -0.2) is 9.18 Å². The molecule has 128 valence electrons. The van der Waals surface area contributed by atoms with Gasteiger partial charge in [-0.05, 0) is 31.5 Å². The number of aryl methyl sites for hydroxylation is 2.